The van der Waals surface area contributed by atoms with Gasteiger partial charge in [-0.1, -0.05) is 12.1 Å². The van der Waals surface area contributed by atoms with Gasteiger partial charge in [0.25, 0.3) is 0 Å². The van der Waals surface area contributed by atoms with E-state index in [1.54, 1.807) is 18.5 Å². The Bertz CT molecular complexity index is 438. The second-order valence-corrected chi connectivity index (χ2v) is 4.59. The van der Waals surface area contributed by atoms with Crippen LogP contribution >= 0.6 is 0 Å². The van der Waals surface area contributed by atoms with E-state index < -0.39 is 24.4 Å². The Labute approximate surface area is 111 Å². The molecular formula is C13H18N2O4. The van der Waals surface area contributed by atoms with Gasteiger partial charge in [0.05, 0.1) is 12.6 Å². The maximum atomic E-state index is 9.88. The molecule has 1 aliphatic rings. The van der Waals surface area contributed by atoms with Crippen molar-refractivity contribution in [1.29, 1.82) is 0 Å². The van der Waals surface area contributed by atoms with Crippen LogP contribution in [0.5, 0.6) is 0 Å². The van der Waals surface area contributed by atoms with Crippen molar-refractivity contribution in [3.05, 3.63) is 41.7 Å². The first-order valence-corrected chi connectivity index (χ1v) is 6.11. The molecule has 2 rings (SSSR count). The molecular weight excluding hydrogens is 248 g/mol. The third-order valence-electron chi connectivity index (χ3n) is 3.26. The molecule has 0 aliphatic heterocycles. The highest BCUT2D eigenvalue weighted by Crippen LogP contribution is 2.20. The number of nitrogens with one attached hydrogen (secondary N) is 1. The number of rotatable bonds is 4. The number of nitrogens with zero attached hydrogens (tertiary/aromatic N) is 1. The SMILES string of the molecule is OCC1=C[C@H](NCc2cccnc2)[C@H](O)C(O)[C@@H]1O. The Morgan fingerprint density at radius 3 is 2.63 bits per heavy atom. The Balaban J connectivity index is 2.04. The van der Waals surface area contributed by atoms with Gasteiger partial charge in [-0.25, -0.2) is 0 Å². The first-order chi connectivity index (χ1) is 9.13. The first kappa shape index (κ1) is 14.1. The van der Waals surface area contributed by atoms with Crippen LogP contribution in [-0.4, -0.2) is 56.4 Å². The fraction of sp³-hybridized carbons (Fsp3) is 0.462. The number of aromatic nitrogens is 1. The van der Waals surface area contributed by atoms with Gasteiger partial charge in [-0.2, -0.15) is 0 Å². The van der Waals surface area contributed by atoms with Gasteiger partial charge in [-0.15, -0.1) is 0 Å². The minimum atomic E-state index is -1.31. The first-order valence-electron chi connectivity index (χ1n) is 6.11. The largest absolute Gasteiger partial charge is 0.392 e. The molecule has 1 aromatic heterocycles. The minimum Gasteiger partial charge on any atom is -0.392 e. The summed E-state index contributed by atoms with van der Waals surface area (Å²) in [6.45, 7) is 0.115. The van der Waals surface area contributed by atoms with Gasteiger partial charge in [0, 0.05) is 18.9 Å². The van der Waals surface area contributed by atoms with E-state index in [1.807, 2.05) is 12.1 Å². The fourth-order valence-corrected chi connectivity index (χ4v) is 2.11. The Hall–Kier alpha value is -1.31. The molecule has 1 unspecified atom stereocenters. The Morgan fingerprint density at radius 2 is 2.00 bits per heavy atom. The summed E-state index contributed by atoms with van der Waals surface area (Å²) in [5.74, 6) is 0. The lowest BCUT2D eigenvalue weighted by atomic mass is 9.88. The van der Waals surface area contributed by atoms with Crippen molar-refractivity contribution in [3.8, 4) is 0 Å². The number of aliphatic hydroxyl groups excluding tert-OH is 4. The molecule has 1 aromatic rings. The molecule has 6 heteroatoms. The Kier molecular flexibility index (Phi) is 4.62. The van der Waals surface area contributed by atoms with E-state index in [9.17, 15) is 15.3 Å². The van der Waals surface area contributed by atoms with Crippen molar-refractivity contribution in [1.82, 2.24) is 10.3 Å². The summed E-state index contributed by atoms with van der Waals surface area (Å²) < 4.78 is 0. The highest BCUT2D eigenvalue weighted by Gasteiger charge is 2.36. The molecule has 0 bridgehead atoms. The average molecular weight is 266 g/mol. The summed E-state index contributed by atoms with van der Waals surface area (Å²) in [6, 6.07) is 3.17. The van der Waals surface area contributed by atoms with Crippen LogP contribution in [0.2, 0.25) is 0 Å². The van der Waals surface area contributed by atoms with Crippen LogP contribution in [0.1, 0.15) is 5.56 Å². The van der Waals surface area contributed by atoms with Gasteiger partial charge in [0.15, 0.2) is 0 Å². The number of aliphatic hydroxyl groups is 4. The standard InChI is InChI=1S/C13H18N2O4/c16-7-9-4-10(12(18)13(19)11(9)17)15-6-8-2-1-3-14-5-8/h1-5,10-13,15-19H,6-7H2/t10-,11+,12-,13?/m0/s1. The van der Waals surface area contributed by atoms with Crippen molar-refractivity contribution < 1.29 is 20.4 Å². The molecule has 104 valence electrons. The molecule has 0 amide bonds. The van der Waals surface area contributed by atoms with Gasteiger partial charge in [-0.05, 0) is 17.2 Å². The molecule has 0 saturated carbocycles. The van der Waals surface area contributed by atoms with Crippen molar-refractivity contribution in [2.24, 2.45) is 0 Å². The molecule has 1 aliphatic carbocycles. The molecule has 4 atom stereocenters. The lowest BCUT2D eigenvalue weighted by molar-refractivity contribution is -0.0643. The zero-order valence-corrected chi connectivity index (χ0v) is 10.3. The highest BCUT2D eigenvalue weighted by molar-refractivity contribution is 5.22. The molecule has 5 N–H and O–H groups in total. The average Bonchev–Trinajstić information content (AvgIpc) is 2.45. The van der Waals surface area contributed by atoms with Crippen LogP contribution in [-0.2, 0) is 6.54 Å². The number of pyridine rings is 1. The quantitative estimate of drug-likeness (QED) is 0.427. The van der Waals surface area contributed by atoms with Crippen LogP contribution in [0, 0.1) is 0 Å². The van der Waals surface area contributed by atoms with Crippen molar-refractivity contribution >= 4 is 0 Å². The molecule has 0 aromatic carbocycles. The Morgan fingerprint density at radius 1 is 1.21 bits per heavy atom. The zero-order valence-electron chi connectivity index (χ0n) is 10.3. The van der Waals surface area contributed by atoms with Gasteiger partial charge in [0.1, 0.15) is 18.3 Å². The van der Waals surface area contributed by atoms with Crippen LogP contribution in [0.3, 0.4) is 0 Å². The van der Waals surface area contributed by atoms with E-state index in [-0.39, 0.29) is 6.61 Å². The van der Waals surface area contributed by atoms with Gasteiger partial charge in [0.2, 0.25) is 0 Å². The predicted molar refractivity (Wildman–Crippen MR) is 68.1 cm³/mol. The summed E-state index contributed by atoms with van der Waals surface area (Å²) in [4.78, 5) is 3.98. The fourth-order valence-electron chi connectivity index (χ4n) is 2.11. The minimum absolute atomic E-state index is 0.307. The molecule has 0 saturated heterocycles. The highest BCUT2D eigenvalue weighted by atomic mass is 16.4. The molecule has 1 heterocycles. The number of hydrogen-bond donors (Lipinski definition) is 5. The third kappa shape index (κ3) is 3.17. The lowest BCUT2D eigenvalue weighted by Gasteiger charge is -2.34. The molecule has 0 spiro atoms. The molecule has 0 fully saturated rings. The van der Waals surface area contributed by atoms with E-state index in [2.05, 4.69) is 10.3 Å². The van der Waals surface area contributed by atoms with Crippen LogP contribution < -0.4 is 5.32 Å². The van der Waals surface area contributed by atoms with Gasteiger partial charge in [-0.3, -0.25) is 4.98 Å². The monoisotopic (exact) mass is 266 g/mol. The summed E-state index contributed by atoms with van der Waals surface area (Å²) in [7, 11) is 0. The topological polar surface area (TPSA) is 106 Å². The molecule has 0 radical (unpaired) electrons. The smallest absolute Gasteiger partial charge is 0.111 e. The summed E-state index contributed by atoms with van der Waals surface area (Å²) in [5, 5.41) is 41.4. The molecule has 19 heavy (non-hydrogen) atoms. The summed E-state index contributed by atoms with van der Waals surface area (Å²) in [6.07, 6.45) is 1.27. The van der Waals surface area contributed by atoms with Gasteiger partial charge >= 0.3 is 0 Å². The maximum Gasteiger partial charge on any atom is 0.111 e. The van der Waals surface area contributed by atoms with Crippen LogP contribution in [0.15, 0.2) is 36.2 Å². The maximum absolute atomic E-state index is 9.88. The molecule has 6 nitrogen and oxygen atoms in total. The second-order valence-electron chi connectivity index (χ2n) is 4.59. The van der Waals surface area contributed by atoms with E-state index in [1.165, 1.54) is 0 Å². The van der Waals surface area contributed by atoms with E-state index in [4.69, 9.17) is 5.11 Å². The number of hydrogen-bond acceptors (Lipinski definition) is 6. The van der Waals surface area contributed by atoms with Crippen molar-refractivity contribution in [2.45, 2.75) is 30.9 Å². The van der Waals surface area contributed by atoms with E-state index in [0.717, 1.165) is 5.56 Å². The van der Waals surface area contributed by atoms with E-state index in [0.29, 0.717) is 12.1 Å². The zero-order chi connectivity index (χ0) is 13.8. The summed E-state index contributed by atoms with van der Waals surface area (Å²) in [5.41, 5.74) is 1.25. The van der Waals surface area contributed by atoms with Gasteiger partial charge < -0.3 is 25.7 Å². The normalized spacial score (nSPS) is 31.1. The van der Waals surface area contributed by atoms with Crippen LogP contribution in [0.25, 0.3) is 0 Å². The lowest BCUT2D eigenvalue weighted by Crippen LogP contribution is -2.53. The summed E-state index contributed by atoms with van der Waals surface area (Å²) >= 11 is 0. The van der Waals surface area contributed by atoms with Crippen LogP contribution in [0.4, 0.5) is 0 Å². The predicted octanol–water partition coefficient (Wildman–Crippen LogP) is -1.45. The third-order valence-corrected chi connectivity index (χ3v) is 3.26. The van der Waals surface area contributed by atoms with Crippen molar-refractivity contribution in [3.63, 3.8) is 0 Å². The van der Waals surface area contributed by atoms with Crippen molar-refractivity contribution in [2.75, 3.05) is 6.61 Å². The van der Waals surface area contributed by atoms with E-state index >= 15 is 0 Å². The second kappa shape index (κ2) is 6.23.